The Morgan fingerprint density at radius 3 is 2.68 bits per heavy atom. The Balaban J connectivity index is 1.51. The van der Waals surface area contributed by atoms with Crippen LogP contribution in [0.25, 0.3) is 17.2 Å². The lowest BCUT2D eigenvalue weighted by molar-refractivity contribution is 0.124. The highest BCUT2D eigenvalue weighted by Gasteiger charge is 2.02. The second-order valence-electron chi connectivity index (χ2n) is 5.30. The van der Waals surface area contributed by atoms with Crippen LogP contribution in [0.2, 0.25) is 0 Å². The molecule has 1 heterocycles. The van der Waals surface area contributed by atoms with Crippen molar-refractivity contribution in [2.75, 3.05) is 6.61 Å². The minimum Gasteiger partial charge on any atom is -0.437 e. The zero-order chi connectivity index (χ0) is 15.2. The van der Waals surface area contributed by atoms with Gasteiger partial charge in [0.15, 0.2) is 5.58 Å². The summed E-state index contributed by atoms with van der Waals surface area (Å²) in [5.41, 5.74) is 4.10. The molecule has 0 amide bonds. The molecule has 3 aromatic rings. The third-order valence-corrected chi connectivity index (χ3v) is 3.43. The van der Waals surface area contributed by atoms with Crippen molar-refractivity contribution >= 4 is 17.2 Å². The summed E-state index contributed by atoms with van der Waals surface area (Å²) in [5, 5.41) is 0. The second-order valence-corrected chi connectivity index (χ2v) is 5.30. The summed E-state index contributed by atoms with van der Waals surface area (Å²) in [6.07, 6.45) is 2.84. The third-order valence-electron chi connectivity index (χ3n) is 3.43. The summed E-state index contributed by atoms with van der Waals surface area (Å²) in [6, 6.07) is 18.0. The van der Waals surface area contributed by atoms with E-state index in [-0.39, 0.29) is 0 Å². The number of para-hydroxylation sites is 2. The zero-order valence-corrected chi connectivity index (χ0v) is 12.7. The molecule has 0 bridgehead atoms. The number of benzene rings is 2. The Bertz CT molecular complexity index is 726. The number of hydrogen-bond acceptors (Lipinski definition) is 3. The van der Waals surface area contributed by atoms with Crippen LogP contribution in [0.5, 0.6) is 0 Å². The molecule has 0 unspecified atom stereocenters. The van der Waals surface area contributed by atoms with Gasteiger partial charge in [0.05, 0.1) is 13.2 Å². The largest absolute Gasteiger partial charge is 0.437 e. The van der Waals surface area contributed by atoms with Crippen molar-refractivity contribution in [2.45, 2.75) is 20.0 Å². The smallest absolute Gasteiger partial charge is 0.219 e. The highest BCUT2D eigenvalue weighted by atomic mass is 16.5. The predicted molar refractivity (Wildman–Crippen MR) is 88.4 cm³/mol. The molecule has 0 radical (unpaired) electrons. The molecule has 3 nitrogen and oxygen atoms in total. The molecule has 0 spiro atoms. The van der Waals surface area contributed by atoms with E-state index in [4.69, 9.17) is 9.15 Å². The number of oxazole rings is 1. The maximum Gasteiger partial charge on any atom is 0.219 e. The lowest BCUT2D eigenvalue weighted by Gasteiger charge is -2.04. The van der Waals surface area contributed by atoms with E-state index in [9.17, 15) is 0 Å². The summed E-state index contributed by atoms with van der Waals surface area (Å²) in [5.74, 6) is 0.654. The second kappa shape index (κ2) is 7.05. The molecule has 0 atom stereocenters. The quantitative estimate of drug-likeness (QED) is 0.610. The van der Waals surface area contributed by atoms with E-state index in [1.54, 1.807) is 0 Å². The first-order chi connectivity index (χ1) is 10.8. The maximum atomic E-state index is 5.70. The van der Waals surface area contributed by atoms with Crippen LogP contribution in [0.4, 0.5) is 0 Å². The average molecular weight is 293 g/mol. The third kappa shape index (κ3) is 3.83. The lowest BCUT2D eigenvalue weighted by Crippen LogP contribution is -1.96. The Morgan fingerprint density at radius 2 is 1.86 bits per heavy atom. The molecule has 3 heteroatoms. The first-order valence-electron chi connectivity index (χ1n) is 7.46. The number of aromatic nitrogens is 1. The van der Waals surface area contributed by atoms with Gasteiger partial charge in [0.25, 0.3) is 0 Å². The molecule has 22 heavy (non-hydrogen) atoms. The summed E-state index contributed by atoms with van der Waals surface area (Å²) >= 11 is 0. The maximum absolute atomic E-state index is 5.70. The van der Waals surface area contributed by atoms with Gasteiger partial charge in [-0.15, -0.1) is 0 Å². The molecule has 0 fully saturated rings. The van der Waals surface area contributed by atoms with Crippen molar-refractivity contribution in [3.63, 3.8) is 0 Å². The monoisotopic (exact) mass is 293 g/mol. The van der Waals surface area contributed by atoms with Gasteiger partial charge in [0, 0.05) is 0 Å². The molecule has 1 aromatic heterocycles. The molecule has 0 saturated heterocycles. The topological polar surface area (TPSA) is 35.3 Å². The Hall–Kier alpha value is -2.39. The summed E-state index contributed by atoms with van der Waals surface area (Å²) in [6.45, 7) is 3.41. The Kier molecular flexibility index (Phi) is 4.66. The van der Waals surface area contributed by atoms with Crippen LogP contribution in [0.3, 0.4) is 0 Å². The minimum atomic E-state index is 0.650. The van der Waals surface area contributed by atoms with Gasteiger partial charge in [-0.3, -0.25) is 0 Å². The van der Waals surface area contributed by atoms with E-state index >= 15 is 0 Å². The molecule has 3 rings (SSSR count). The molecule has 0 aliphatic heterocycles. The summed E-state index contributed by atoms with van der Waals surface area (Å²) in [7, 11) is 0. The molecular formula is C19H19NO2. The number of rotatable bonds is 6. The van der Waals surface area contributed by atoms with Crippen molar-refractivity contribution in [1.29, 1.82) is 0 Å². The number of nitrogens with zero attached hydrogens (tertiary/aromatic N) is 1. The van der Waals surface area contributed by atoms with E-state index in [1.165, 1.54) is 11.1 Å². The average Bonchev–Trinajstić information content (AvgIpc) is 2.94. The van der Waals surface area contributed by atoms with Crippen molar-refractivity contribution in [3.8, 4) is 0 Å². The molecule has 2 aromatic carbocycles. The van der Waals surface area contributed by atoms with Crippen molar-refractivity contribution < 1.29 is 9.15 Å². The molecule has 0 aliphatic rings. The lowest BCUT2D eigenvalue weighted by atomic mass is 10.2. The van der Waals surface area contributed by atoms with Crippen molar-refractivity contribution in [2.24, 2.45) is 0 Å². The van der Waals surface area contributed by atoms with Gasteiger partial charge in [-0.1, -0.05) is 48.0 Å². The van der Waals surface area contributed by atoms with E-state index < -0.39 is 0 Å². The van der Waals surface area contributed by atoms with Gasteiger partial charge < -0.3 is 9.15 Å². The Morgan fingerprint density at radius 1 is 1.09 bits per heavy atom. The summed E-state index contributed by atoms with van der Waals surface area (Å²) < 4.78 is 11.4. The van der Waals surface area contributed by atoms with E-state index in [1.807, 2.05) is 48.5 Å². The van der Waals surface area contributed by atoms with Gasteiger partial charge in [0.2, 0.25) is 5.89 Å². The zero-order valence-electron chi connectivity index (χ0n) is 12.7. The van der Waals surface area contributed by atoms with Crippen LogP contribution in [-0.2, 0) is 11.3 Å². The number of fused-ring (bicyclic) bond motifs is 1. The van der Waals surface area contributed by atoms with Crippen LogP contribution in [0, 0.1) is 0 Å². The fourth-order valence-electron chi connectivity index (χ4n) is 2.23. The SMILES string of the molecule is C/C(=C/c1nc2ccccc2o1)CCOCc1ccccc1. The van der Waals surface area contributed by atoms with Crippen LogP contribution in [-0.4, -0.2) is 11.6 Å². The van der Waals surface area contributed by atoms with Crippen molar-refractivity contribution in [3.05, 3.63) is 71.6 Å². The molecule has 0 aliphatic carbocycles. The summed E-state index contributed by atoms with van der Waals surface area (Å²) in [4.78, 5) is 4.44. The van der Waals surface area contributed by atoms with Gasteiger partial charge in [-0.05, 0) is 37.1 Å². The molecular weight excluding hydrogens is 274 g/mol. The van der Waals surface area contributed by atoms with Gasteiger partial charge >= 0.3 is 0 Å². The normalized spacial score (nSPS) is 12.0. The van der Waals surface area contributed by atoms with Gasteiger partial charge in [0.1, 0.15) is 5.52 Å². The van der Waals surface area contributed by atoms with Crippen LogP contribution < -0.4 is 0 Å². The van der Waals surface area contributed by atoms with Gasteiger partial charge in [-0.25, -0.2) is 4.98 Å². The van der Waals surface area contributed by atoms with E-state index in [0.717, 1.165) is 17.5 Å². The van der Waals surface area contributed by atoms with Gasteiger partial charge in [-0.2, -0.15) is 0 Å². The van der Waals surface area contributed by atoms with Crippen molar-refractivity contribution in [1.82, 2.24) is 4.98 Å². The highest BCUT2D eigenvalue weighted by molar-refractivity contribution is 5.73. The Labute approximate surface area is 130 Å². The first kappa shape index (κ1) is 14.5. The standard InChI is InChI=1S/C19H19NO2/c1-15(11-12-21-14-16-7-3-2-4-8-16)13-19-20-17-9-5-6-10-18(17)22-19/h2-10,13H,11-12,14H2,1H3/b15-13-. The fourth-order valence-corrected chi connectivity index (χ4v) is 2.23. The number of hydrogen-bond donors (Lipinski definition) is 0. The predicted octanol–water partition coefficient (Wildman–Crippen LogP) is 4.84. The highest BCUT2D eigenvalue weighted by Crippen LogP contribution is 2.17. The molecule has 0 saturated carbocycles. The molecule has 112 valence electrons. The molecule has 0 N–H and O–H groups in total. The fraction of sp³-hybridized carbons (Fsp3) is 0.211. The first-order valence-corrected chi connectivity index (χ1v) is 7.46. The van der Waals surface area contributed by atoms with E-state index in [2.05, 4.69) is 24.0 Å². The van der Waals surface area contributed by atoms with E-state index in [0.29, 0.717) is 19.1 Å². The van der Waals surface area contributed by atoms with Crippen LogP contribution in [0.15, 0.2) is 64.6 Å². The minimum absolute atomic E-state index is 0.650. The number of ether oxygens (including phenoxy) is 1. The van der Waals surface area contributed by atoms with Crippen LogP contribution in [0.1, 0.15) is 24.8 Å². The van der Waals surface area contributed by atoms with Crippen LogP contribution >= 0.6 is 0 Å².